The van der Waals surface area contributed by atoms with Gasteiger partial charge in [0, 0.05) is 30.7 Å². The molecule has 1 aromatic heterocycles. The van der Waals surface area contributed by atoms with Crippen molar-refractivity contribution in [2.45, 2.75) is 30.7 Å². The van der Waals surface area contributed by atoms with Crippen molar-refractivity contribution in [3.8, 4) is 17.2 Å². The summed E-state index contributed by atoms with van der Waals surface area (Å²) < 4.78 is 59.7. The lowest BCUT2D eigenvalue weighted by molar-refractivity contribution is -0.144. The maximum atomic E-state index is 14.9. The number of hydrogen-bond acceptors (Lipinski definition) is 4. The van der Waals surface area contributed by atoms with Crippen LogP contribution in [0.1, 0.15) is 11.3 Å². The van der Waals surface area contributed by atoms with Gasteiger partial charge in [-0.1, -0.05) is 37.3 Å². The molecule has 5 nitrogen and oxygen atoms in total. The highest BCUT2D eigenvalue weighted by Gasteiger charge is 2.35. The lowest BCUT2D eigenvalue weighted by atomic mass is 10.2. The van der Waals surface area contributed by atoms with E-state index in [0.717, 1.165) is 24.9 Å². The quantitative estimate of drug-likeness (QED) is 0.230. The highest BCUT2D eigenvalue weighted by Crippen LogP contribution is 2.29. The molecule has 0 aliphatic heterocycles. The smallest absolute Gasteiger partial charge is 0.374 e. The molecule has 0 amide bonds. The van der Waals surface area contributed by atoms with E-state index in [1.54, 1.807) is 0 Å². The molecule has 0 saturated carbocycles. The second-order valence-corrected chi connectivity index (χ2v) is 13.1. The van der Waals surface area contributed by atoms with Crippen LogP contribution >= 0.6 is 11.8 Å². The summed E-state index contributed by atoms with van der Waals surface area (Å²) in [6.45, 7) is 6.04. The van der Waals surface area contributed by atoms with E-state index in [-0.39, 0.29) is 16.6 Å². The van der Waals surface area contributed by atoms with Gasteiger partial charge in [-0.2, -0.15) is 13.2 Å². The van der Waals surface area contributed by atoms with E-state index in [2.05, 4.69) is 11.5 Å². The fourth-order valence-corrected chi connectivity index (χ4v) is 3.64. The van der Waals surface area contributed by atoms with Crippen molar-refractivity contribution in [1.29, 1.82) is 0 Å². The Labute approximate surface area is 175 Å². The van der Waals surface area contributed by atoms with Crippen LogP contribution in [0.3, 0.4) is 0 Å². The van der Waals surface area contributed by atoms with Gasteiger partial charge in [-0.25, -0.2) is 13.8 Å². The van der Waals surface area contributed by atoms with Gasteiger partial charge in [0.25, 0.3) is 5.56 Å². The van der Waals surface area contributed by atoms with Gasteiger partial charge in [0.1, 0.15) is 19.6 Å². The Balaban J connectivity index is 2.77. The van der Waals surface area contributed by atoms with Crippen molar-refractivity contribution in [2.75, 3.05) is 13.0 Å². The summed E-state index contributed by atoms with van der Waals surface area (Å²) in [6, 6.07) is 2.56. The number of rotatable bonds is 4. The first-order chi connectivity index (χ1) is 13.8. The molecule has 1 heterocycles. The van der Waals surface area contributed by atoms with Crippen LogP contribution in [0.15, 0.2) is 32.7 Å². The van der Waals surface area contributed by atoms with Gasteiger partial charge >= 0.3 is 11.9 Å². The number of thioether (sulfide) groups is 1. The number of alkyl halides is 3. The molecule has 0 saturated heterocycles. The highest BCUT2D eigenvalue weighted by molar-refractivity contribution is 7.99. The summed E-state index contributed by atoms with van der Waals surface area (Å²) in [5.41, 5.74) is -1.01. The van der Waals surface area contributed by atoms with Crippen molar-refractivity contribution in [3.05, 3.63) is 56.1 Å². The van der Waals surface area contributed by atoms with Gasteiger partial charge in [-0.15, -0.1) is 5.54 Å². The van der Waals surface area contributed by atoms with E-state index in [1.165, 1.54) is 13.2 Å². The molecule has 0 N–H and O–H groups in total. The van der Waals surface area contributed by atoms with E-state index < -0.39 is 42.7 Å². The number of aromatic nitrogens is 2. The van der Waals surface area contributed by atoms with Gasteiger partial charge in [-0.05, 0) is 12.1 Å². The number of benzene rings is 1. The third-order valence-electron chi connectivity index (χ3n) is 3.80. The molecule has 11 heteroatoms. The number of nitrogens with zero attached hydrogens (tertiary/aromatic N) is 2. The third kappa shape index (κ3) is 5.44. The normalized spacial score (nSPS) is 11.9. The van der Waals surface area contributed by atoms with Crippen molar-refractivity contribution < 1.29 is 22.3 Å². The molecular formula is C19H20F4N2O3SSi. The Morgan fingerprint density at radius 3 is 2.33 bits per heavy atom. The van der Waals surface area contributed by atoms with Crippen LogP contribution in [0.4, 0.5) is 17.6 Å². The fourth-order valence-electron chi connectivity index (χ4n) is 2.43. The summed E-state index contributed by atoms with van der Waals surface area (Å²) in [6.07, 6.45) is -4.90. The molecule has 2 rings (SSSR count). The Kier molecular flexibility index (Phi) is 7.06. The molecule has 162 valence electrons. The van der Waals surface area contributed by atoms with Gasteiger partial charge in [-0.3, -0.25) is 9.36 Å². The lowest BCUT2D eigenvalue weighted by Gasteiger charge is -2.15. The molecule has 30 heavy (non-hydrogen) atoms. The van der Waals surface area contributed by atoms with Gasteiger partial charge in [0.2, 0.25) is 0 Å². The fraction of sp³-hybridized carbons (Fsp3) is 0.368. The minimum absolute atomic E-state index is 0.187. The van der Waals surface area contributed by atoms with Crippen LogP contribution in [0, 0.1) is 17.3 Å². The van der Waals surface area contributed by atoms with E-state index in [1.807, 2.05) is 19.6 Å². The third-order valence-corrected chi connectivity index (χ3v) is 5.68. The largest absolute Gasteiger partial charge is 0.431 e. The van der Waals surface area contributed by atoms with Crippen LogP contribution in [-0.4, -0.2) is 30.3 Å². The highest BCUT2D eigenvalue weighted by atomic mass is 32.2. The van der Waals surface area contributed by atoms with Crippen molar-refractivity contribution in [2.24, 2.45) is 7.05 Å². The summed E-state index contributed by atoms with van der Waals surface area (Å²) in [5, 5.41) is 0. The van der Waals surface area contributed by atoms with Gasteiger partial charge < -0.3 is 4.74 Å². The summed E-state index contributed by atoms with van der Waals surface area (Å²) in [5.74, 6) is 2.17. The SMILES string of the molecule is COCSc1cc(-n2c(=O)cc(C(F)(F)F)n(C)c2=O)c(F)cc1C#C[Si](C)(C)C. The van der Waals surface area contributed by atoms with Gasteiger partial charge in [0.15, 0.2) is 0 Å². The average molecular weight is 461 g/mol. The Hall–Kier alpha value is -2.29. The van der Waals surface area contributed by atoms with Crippen LogP contribution in [0.2, 0.25) is 19.6 Å². The zero-order chi connectivity index (χ0) is 22.9. The van der Waals surface area contributed by atoms with Crippen LogP contribution < -0.4 is 11.2 Å². The molecule has 0 aliphatic rings. The maximum absolute atomic E-state index is 14.9. The monoisotopic (exact) mass is 460 g/mol. The zero-order valence-corrected chi connectivity index (χ0v) is 18.8. The Morgan fingerprint density at radius 2 is 1.80 bits per heavy atom. The molecule has 0 radical (unpaired) electrons. The molecule has 0 bridgehead atoms. The van der Waals surface area contributed by atoms with Crippen molar-refractivity contribution >= 4 is 19.8 Å². The molecule has 0 fully saturated rings. The van der Waals surface area contributed by atoms with Crippen LogP contribution in [0.25, 0.3) is 5.69 Å². The van der Waals surface area contributed by atoms with Crippen molar-refractivity contribution in [1.82, 2.24) is 9.13 Å². The minimum Gasteiger partial charge on any atom is -0.374 e. The molecule has 0 spiro atoms. The van der Waals surface area contributed by atoms with Crippen LogP contribution in [-0.2, 0) is 18.0 Å². The van der Waals surface area contributed by atoms with E-state index in [0.29, 0.717) is 15.0 Å². The van der Waals surface area contributed by atoms with E-state index >= 15 is 0 Å². The molecule has 2 aromatic rings. The van der Waals surface area contributed by atoms with Crippen molar-refractivity contribution in [3.63, 3.8) is 0 Å². The van der Waals surface area contributed by atoms with Crippen LogP contribution in [0.5, 0.6) is 0 Å². The molecular weight excluding hydrogens is 440 g/mol. The second kappa shape index (κ2) is 8.83. The summed E-state index contributed by atoms with van der Waals surface area (Å²) in [4.78, 5) is 25.2. The topological polar surface area (TPSA) is 53.2 Å². The predicted molar refractivity (Wildman–Crippen MR) is 110 cm³/mol. The second-order valence-electron chi connectivity index (χ2n) is 7.39. The molecule has 0 aliphatic carbocycles. The lowest BCUT2D eigenvalue weighted by Crippen LogP contribution is -2.41. The first kappa shape index (κ1) is 24.0. The zero-order valence-electron chi connectivity index (χ0n) is 17.0. The molecule has 0 atom stereocenters. The summed E-state index contributed by atoms with van der Waals surface area (Å²) in [7, 11) is 0.550. The first-order valence-electron chi connectivity index (χ1n) is 8.65. The number of halogens is 4. The maximum Gasteiger partial charge on any atom is 0.431 e. The van der Waals surface area contributed by atoms with Gasteiger partial charge in [0.05, 0.1) is 11.6 Å². The van der Waals surface area contributed by atoms with E-state index in [4.69, 9.17) is 4.74 Å². The Bertz CT molecular complexity index is 1140. The van der Waals surface area contributed by atoms with E-state index in [9.17, 15) is 27.2 Å². The number of hydrogen-bond donors (Lipinski definition) is 0. The molecule has 1 aromatic carbocycles. The standard InChI is InChI=1S/C19H20F4N2O3SSi/c1-24-16(19(21,22)23)10-17(26)25(18(24)27)14-9-15(29-11-28-2)12(8-13(14)20)6-7-30(3,4)5/h8-10H,11H2,1-5H3. The minimum atomic E-state index is -4.90. The first-order valence-corrected chi connectivity index (χ1v) is 13.1. The summed E-state index contributed by atoms with van der Waals surface area (Å²) >= 11 is 1.16. The number of ether oxygens (including phenoxy) is 1. The average Bonchev–Trinajstić information content (AvgIpc) is 2.61. The Morgan fingerprint density at radius 1 is 1.17 bits per heavy atom. The molecule has 0 unspecified atom stereocenters. The predicted octanol–water partition coefficient (Wildman–Crippen LogP) is 3.62. The number of methoxy groups -OCH3 is 1.